The number of nitrogens with one attached hydrogen (secondary N) is 1. The molecule has 19 heavy (non-hydrogen) atoms. The number of carbonyl (C=O) groups excluding carboxylic acids is 1. The van der Waals surface area contributed by atoms with Crippen molar-refractivity contribution >= 4 is 17.6 Å². The van der Waals surface area contributed by atoms with Gasteiger partial charge in [-0.25, -0.2) is 4.79 Å². The van der Waals surface area contributed by atoms with Gasteiger partial charge in [-0.15, -0.1) is 0 Å². The Bertz CT molecular complexity index is 519. The molecule has 0 bridgehead atoms. The Balaban J connectivity index is 2.20. The van der Waals surface area contributed by atoms with Gasteiger partial charge in [-0.2, -0.15) is 0 Å². The molecule has 1 aromatic carbocycles. The number of carboxylic acids is 1. The van der Waals surface area contributed by atoms with Gasteiger partial charge in [0.05, 0.1) is 0 Å². The number of hydrogen-bond acceptors (Lipinski definition) is 3. The summed E-state index contributed by atoms with van der Waals surface area (Å²) in [5.41, 5.74) is 6.46. The summed E-state index contributed by atoms with van der Waals surface area (Å²) in [5, 5.41) is 12.0. The third-order valence-corrected chi connectivity index (χ3v) is 3.75. The molecule has 0 aromatic heterocycles. The molecule has 0 spiro atoms. The fraction of sp³-hybridized carbons (Fsp3) is 0.429. The first-order chi connectivity index (χ1) is 8.94. The van der Waals surface area contributed by atoms with Gasteiger partial charge in [0, 0.05) is 11.3 Å². The topological polar surface area (TPSA) is 92.4 Å². The summed E-state index contributed by atoms with van der Waals surface area (Å²) in [5.74, 6) is -1.31. The van der Waals surface area contributed by atoms with Crippen molar-refractivity contribution in [3.63, 3.8) is 0 Å². The van der Waals surface area contributed by atoms with Crippen molar-refractivity contribution in [1.82, 2.24) is 5.32 Å². The zero-order valence-corrected chi connectivity index (χ0v) is 10.9. The van der Waals surface area contributed by atoms with E-state index in [1.165, 1.54) is 0 Å². The standard InChI is InChI=1S/C14H18N2O3/c1-9-8-10(4-5-11(9)15)12(17)16-14(13(18)19)6-2-3-7-14/h4-5,8H,2-3,6-7,15H2,1H3,(H,16,17)(H,18,19). The minimum Gasteiger partial charge on any atom is -0.480 e. The number of nitrogen functional groups attached to an aromatic ring is 1. The first kappa shape index (κ1) is 13.4. The first-order valence-corrected chi connectivity index (χ1v) is 6.37. The number of nitrogens with two attached hydrogens (primary N) is 1. The molecule has 4 N–H and O–H groups in total. The fourth-order valence-corrected chi connectivity index (χ4v) is 2.48. The van der Waals surface area contributed by atoms with Crippen molar-refractivity contribution in [3.8, 4) is 0 Å². The number of aryl methyl sites for hydroxylation is 1. The van der Waals surface area contributed by atoms with Crippen molar-refractivity contribution in [1.29, 1.82) is 0 Å². The molecule has 0 aliphatic heterocycles. The molecule has 0 radical (unpaired) electrons. The van der Waals surface area contributed by atoms with E-state index in [1.54, 1.807) is 18.2 Å². The highest BCUT2D eigenvalue weighted by Gasteiger charge is 2.42. The quantitative estimate of drug-likeness (QED) is 0.723. The summed E-state index contributed by atoms with van der Waals surface area (Å²) < 4.78 is 0. The van der Waals surface area contributed by atoms with Crippen LogP contribution in [0.5, 0.6) is 0 Å². The van der Waals surface area contributed by atoms with E-state index in [0.717, 1.165) is 18.4 Å². The van der Waals surface area contributed by atoms with Gasteiger partial charge in [-0.3, -0.25) is 4.79 Å². The third kappa shape index (κ3) is 2.54. The number of aliphatic carboxylic acids is 1. The van der Waals surface area contributed by atoms with Crippen molar-refractivity contribution < 1.29 is 14.7 Å². The normalized spacial score (nSPS) is 17.1. The van der Waals surface area contributed by atoms with Crippen LogP contribution in [0, 0.1) is 6.92 Å². The van der Waals surface area contributed by atoms with Gasteiger partial charge in [-0.05, 0) is 43.5 Å². The maximum atomic E-state index is 12.2. The Kier molecular flexibility index (Phi) is 3.46. The fourth-order valence-electron chi connectivity index (χ4n) is 2.48. The molecule has 1 aliphatic rings. The van der Waals surface area contributed by atoms with E-state index >= 15 is 0 Å². The average molecular weight is 262 g/mol. The molecule has 0 atom stereocenters. The predicted octanol–water partition coefficient (Wildman–Crippen LogP) is 1.70. The highest BCUT2D eigenvalue weighted by Crippen LogP contribution is 2.30. The Morgan fingerprint density at radius 1 is 1.32 bits per heavy atom. The maximum absolute atomic E-state index is 12.2. The van der Waals surface area contributed by atoms with E-state index in [-0.39, 0.29) is 5.91 Å². The second kappa shape index (κ2) is 4.91. The van der Waals surface area contributed by atoms with Gasteiger partial charge in [0.1, 0.15) is 5.54 Å². The van der Waals surface area contributed by atoms with Gasteiger partial charge in [0.2, 0.25) is 0 Å². The number of carbonyl (C=O) groups is 2. The molecule has 5 heteroatoms. The molecule has 5 nitrogen and oxygen atoms in total. The van der Waals surface area contributed by atoms with Gasteiger partial charge < -0.3 is 16.2 Å². The van der Waals surface area contributed by atoms with E-state index in [1.807, 2.05) is 6.92 Å². The smallest absolute Gasteiger partial charge is 0.329 e. The second-order valence-corrected chi connectivity index (χ2v) is 5.12. The van der Waals surface area contributed by atoms with E-state index < -0.39 is 11.5 Å². The van der Waals surface area contributed by atoms with Gasteiger partial charge in [0.15, 0.2) is 0 Å². The Morgan fingerprint density at radius 3 is 2.47 bits per heavy atom. The van der Waals surface area contributed by atoms with Gasteiger partial charge in [0.25, 0.3) is 5.91 Å². The Labute approximate surface area is 111 Å². The van der Waals surface area contributed by atoms with Crippen molar-refractivity contribution in [2.45, 2.75) is 38.1 Å². The zero-order chi connectivity index (χ0) is 14.0. The van der Waals surface area contributed by atoms with Crippen LogP contribution in [0.3, 0.4) is 0 Å². The van der Waals surface area contributed by atoms with Crippen LogP contribution in [0.1, 0.15) is 41.6 Å². The molecule has 102 valence electrons. The molecular weight excluding hydrogens is 244 g/mol. The number of amides is 1. The van der Waals surface area contributed by atoms with Crippen molar-refractivity contribution in [2.24, 2.45) is 0 Å². The van der Waals surface area contributed by atoms with Gasteiger partial charge >= 0.3 is 5.97 Å². The molecule has 0 heterocycles. The summed E-state index contributed by atoms with van der Waals surface area (Å²) in [4.78, 5) is 23.5. The first-order valence-electron chi connectivity index (χ1n) is 6.37. The molecule has 0 unspecified atom stereocenters. The Hall–Kier alpha value is -2.04. The van der Waals surface area contributed by atoms with Gasteiger partial charge in [-0.1, -0.05) is 12.8 Å². The number of rotatable bonds is 3. The lowest BCUT2D eigenvalue weighted by molar-refractivity contribution is -0.144. The van der Waals surface area contributed by atoms with Crippen molar-refractivity contribution in [3.05, 3.63) is 29.3 Å². The molecule has 2 rings (SSSR count). The van der Waals surface area contributed by atoms with Crippen LogP contribution in [0.4, 0.5) is 5.69 Å². The van der Waals surface area contributed by atoms with Crippen LogP contribution in [-0.4, -0.2) is 22.5 Å². The minimum absolute atomic E-state index is 0.354. The maximum Gasteiger partial charge on any atom is 0.329 e. The van der Waals surface area contributed by atoms with E-state index in [4.69, 9.17) is 5.73 Å². The lowest BCUT2D eigenvalue weighted by atomic mass is 9.97. The average Bonchev–Trinajstić information content (AvgIpc) is 2.82. The van der Waals surface area contributed by atoms with Crippen LogP contribution in [0.25, 0.3) is 0 Å². The second-order valence-electron chi connectivity index (χ2n) is 5.12. The number of hydrogen-bond donors (Lipinski definition) is 3. The largest absolute Gasteiger partial charge is 0.480 e. The summed E-state index contributed by atoms with van der Waals surface area (Å²) in [6, 6.07) is 4.95. The molecule has 1 fully saturated rings. The van der Waals surface area contributed by atoms with Crippen LogP contribution < -0.4 is 11.1 Å². The highest BCUT2D eigenvalue weighted by molar-refractivity contribution is 5.98. The number of benzene rings is 1. The van der Waals surface area contributed by atoms with Crippen LogP contribution in [-0.2, 0) is 4.79 Å². The van der Waals surface area contributed by atoms with Crippen LogP contribution in [0.15, 0.2) is 18.2 Å². The van der Waals surface area contributed by atoms with E-state index in [9.17, 15) is 14.7 Å². The Morgan fingerprint density at radius 2 is 1.95 bits per heavy atom. The molecule has 0 saturated heterocycles. The van der Waals surface area contributed by atoms with Crippen LogP contribution in [0.2, 0.25) is 0 Å². The predicted molar refractivity (Wildman–Crippen MR) is 71.9 cm³/mol. The number of carboxylic acid groups (broad SMARTS) is 1. The summed E-state index contributed by atoms with van der Waals surface area (Å²) in [7, 11) is 0. The molecule has 1 amide bonds. The molecule has 1 saturated carbocycles. The summed E-state index contributed by atoms with van der Waals surface area (Å²) in [6.45, 7) is 1.81. The third-order valence-electron chi connectivity index (χ3n) is 3.75. The highest BCUT2D eigenvalue weighted by atomic mass is 16.4. The lowest BCUT2D eigenvalue weighted by Gasteiger charge is -2.25. The SMILES string of the molecule is Cc1cc(C(=O)NC2(C(=O)O)CCCC2)ccc1N. The molecule has 1 aliphatic carbocycles. The van der Waals surface area contributed by atoms with E-state index in [2.05, 4.69) is 5.32 Å². The monoisotopic (exact) mass is 262 g/mol. The summed E-state index contributed by atoms with van der Waals surface area (Å²) >= 11 is 0. The molecule has 1 aromatic rings. The minimum atomic E-state index is -1.10. The van der Waals surface area contributed by atoms with Crippen LogP contribution >= 0.6 is 0 Å². The zero-order valence-electron chi connectivity index (χ0n) is 10.9. The summed E-state index contributed by atoms with van der Waals surface area (Å²) in [6.07, 6.45) is 2.63. The number of anilines is 1. The van der Waals surface area contributed by atoms with Crippen molar-refractivity contribution in [2.75, 3.05) is 5.73 Å². The lowest BCUT2D eigenvalue weighted by Crippen LogP contribution is -2.52. The van der Waals surface area contributed by atoms with E-state index in [0.29, 0.717) is 24.1 Å². The molecular formula is C14H18N2O3.